The van der Waals surface area contributed by atoms with Crippen LogP contribution in [0.4, 0.5) is 11.5 Å². The standard InChI is InChI=1S/C11H15ClN4O2/c1-7-3-4-15(8(2)5-7)11-9(16(17)18)10(12)13-6-14-11/h6-8H,3-5H2,1-2H3. The van der Waals surface area contributed by atoms with E-state index in [1.807, 2.05) is 4.90 Å². The summed E-state index contributed by atoms with van der Waals surface area (Å²) in [5.74, 6) is 0.965. The topological polar surface area (TPSA) is 72.2 Å². The van der Waals surface area contributed by atoms with E-state index in [0.29, 0.717) is 11.7 Å². The predicted molar refractivity (Wildman–Crippen MR) is 68.9 cm³/mol. The third-order valence-electron chi connectivity index (χ3n) is 3.35. The SMILES string of the molecule is CC1CCN(c2ncnc(Cl)c2[N+](=O)[O-])C(C)C1. The lowest BCUT2D eigenvalue weighted by molar-refractivity contribution is -0.384. The molecule has 6 nitrogen and oxygen atoms in total. The molecule has 2 heterocycles. The van der Waals surface area contributed by atoms with Crippen LogP contribution in [0.5, 0.6) is 0 Å². The van der Waals surface area contributed by atoms with Gasteiger partial charge in [0, 0.05) is 12.6 Å². The lowest BCUT2D eigenvalue weighted by atomic mass is 9.93. The van der Waals surface area contributed by atoms with Crippen molar-refractivity contribution in [3.8, 4) is 0 Å². The highest BCUT2D eigenvalue weighted by Gasteiger charge is 2.31. The predicted octanol–water partition coefficient (Wildman–Crippen LogP) is 2.66. The number of aromatic nitrogens is 2. The first kappa shape index (κ1) is 13.0. The fraction of sp³-hybridized carbons (Fsp3) is 0.636. The Bertz CT molecular complexity index is 468. The third-order valence-corrected chi connectivity index (χ3v) is 3.63. The first-order valence-corrected chi connectivity index (χ1v) is 6.30. The Kier molecular flexibility index (Phi) is 3.65. The van der Waals surface area contributed by atoms with E-state index in [2.05, 4.69) is 23.8 Å². The molecule has 1 aliphatic heterocycles. The fourth-order valence-electron chi connectivity index (χ4n) is 2.44. The normalized spacial score (nSPS) is 24.1. The lowest BCUT2D eigenvalue weighted by Crippen LogP contribution is -2.41. The van der Waals surface area contributed by atoms with Crippen molar-refractivity contribution in [3.63, 3.8) is 0 Å². The Morgan fingerprint density at radius 2 is 2.22 bits per heavy atom. The van der Waals surface area contributed by atoms with Crippen LogP contribution in [0.15, 0.2) is 6.33 Å². The van der Waals surface area contributed by atoms with Gasteiger partial charge in [-0.25, -0.2) is 9.97 Å². The number of nitro groups is 1. The molecule has 0 spiro atoms. The van der Waals surface area contributed by atoms with Gasteiger partial charge in [-0.3, -0.25) is 10.1 Å². The van der Waals surface area contributed by atoms with Gasteiger partial charge in [0.15, 0.2) is 0 Å². The number of rotatable bonds is 2. The number of hydrogen-bond acceptors (Lipinski definition) is 5. The van der Waals surface area contributed by atoms with Crippen LogP contribution < -0.4 is 4.90 Å². The van der Waals surface area contributed by atoms with Gasteiger partial charge in [-0.2, -0.15) is 0 Å². The maximum absolute atomic E-state index is 11.1. The molecule has 2 unspecified atom stereocenters. The minimum Gasteiger partial charge on any atom is -0.348 e. The van der Waals surface area contributed by atoms with Crippen LogP contribution in [-0.4, -0.2) is 27.5 Å². The van der Waals surface area contributed by atoms with Gasteiger partial charge in [0.2, 0.25) is 11.0 Å². The van der Waals surface area contributed by atoms with Crippen LogP contribution in [0, 0.1) is 16.0 Å². The number of anilines is 1. The minimum atomic E-state index is -0.511. The van der Waals surface area contributed by atoms with E-state index in [4.69, 9.17) is 11.6 Å². The van der Waals surface area contributed by atoms with Crippen LogP contribution in [0.2, 0.25) is 5.15 Å². The molecule has 0 bridgehead atoms. The van der Waals surface area contributed by atoms with Gasteiger partial charge < -0.3 is 4.90 Å². The summed E-state index contributed by atoms with van der Waals surface area (Å²) >= 11 is 5.80. The molecule has 1 aromatic heterocycles. The van der Waals surface area contributed by atoms with Gasteiger partial charge in [-0.05, 0) is 25.7 Å². The molecule has 0 aliphatic carbocycles. The molecule has 1 aromatic rings. The number of nitrogens with zero attached hydrogens (tertiary/aromatic N) is 4. The third kappa shape index (κ3) is 2.38. The number of piperidine rings is 1. The average molecular weight is 271 g/mol. The molecule has 0 amide bonds. The Labute approximate surface area is 110 Å². The second-order valence-corrected chi connectivity index (χ2v) is 5.12. The molecule has 18 heavy (non-hydrogen) atoms. The quantitative estimate of drug-likeness (QED) is 0.469. The highest BCUT2D eigenvalue weighted by atomic mass is 35.5. The van der Waals surface area contributed by atoms with Gasteiger partial charge >= 0.3 is 5.69 Å². The number of halogens is 1. The molecule has 1 aliphatic rings. The zero-order valence-electron chi connectivity index (χ0n) is 10.3. The van der Waals surface area contributed by atoms with Crippen LogP contribution >= 0.6 is 11.6 Å². The molecule has 1 saturated heterocycles. The molecular formula is C11H15ClN4O2. The van der Waals surface area contributed by atoms with Gasteiger partial charge in [0.25, 0.3) is 0 Å². The van der Waals surface area contributed by atoms with E-state index in [1.54, 1.807) is 0 Å². The molecule has 0 N–H and O–H groups in total. The van der Waals surface area contributed by atoms with Gasteiger partial charge in [0.05, 0.1) is 4.92 Å². The smallest absolute Gasteiger partial charge is 0.348 e. The fourth-order valence-corrected chi connectivity index (χ4v) is 2.64. The lowest BCUT2D eigenvalue weighted by Gasteiger charge is -2.36. The van der Waals surface area contributed by atoms with Crippen molar-refractivity contribution >= 4 is 23.1 Å². The first-order chi connectivity index (χ1) is 8.50. The molecular weight excluding hydrogens is 256 g/mol. The summed E-state index contributed by atoms with van der Waals surface area (Å²) in [6.45, 7) is 5.00. The Morgan fingerprint density at radius 1 is 1.50 bits per heavy atom. The molecule has 2 atom stereocenters. The highest BCUT2D eigenvalue weighted by molar-refractivity contribution is 6.31. The summed E-state index contributed by atoms with van der Waals surface area (Å²) in [5.41, 5.74) is -0.194. The molecule has 0 saturated carbocycles. The first-order valence-electron chi connectivity index (χ1n) is 5.92. The Balaban J connectivity index is 2.39. The summed E-state index contributed by atoms with van der Waals surface area (Å²) in [6, 6.07) is 0.221. The van der Waals surface area contributed by atoms with E-state index in [0.717, 1.165) is 19.4 Å². The summed E-state index contributed by atoms with van der Waals surface area (Å²) in [5, 5.41) is 11.0. The minimum absolute atomic E-state index is 0.101. The molecule has 1 fully saturated rings. The molecule has 0 aromatic carbocycles. The zero-order chi connectivity index (χ0) is 13.3. The van der Waals surface area contributed by atoms with Gasteiger partial charge in [0.1, 0.15) is 6.33 Å². The summed E-state index contributed by atoms with van der Waals surface area (Å²) in [4.78, 5) is 20.2. The monoisotopic (exact) mass is 270 g/mol. The number of hydrogen-bond donors (Lipinski definition) is 0. The molecule has 2 rings (SSSR count). The Hall–Kier alpha value is -1.43. The van der Waals surface area contributed by atoms with Gasteiger partial charge in [-0.15, -0.1) is 0 Å². The van der Waals surface area contributed by atoms with E-state index in [-0.39, 0.29) is 16.9 Å². The summed E-state index contributed by atoms with van der Waals surface area (Å²) < 4.78 is 0. The highest BCUT2D eigenvalue weighted by Crippen LogP contribution is 2.35. The van der Waals surface area contributed by atoms with Crippen LogP contribution in [0.1, 0.15) is 26.7 Å². The van der Waals surface area contributed by atoms with Crippen LogP contribution in [0.3, 0.4) is 0 Å². The van der Waals surface area contributed by atoms with E-state index in [1.165, 1.54) is 6.33 Å². The molecule has 98 valence electrons. The van der Waals surface area contributed by atoms with E-state index >= 15 is 0 Å². The Morgan fingerprint density at radius 3 is 2.83 bits per heavy atom. The summed E-state index contributed by atoms with van der Waals surface area (Å²) in [6.07, 6.45) is 3.28. The average Bonchev–Trinajstić information content (AvgIpc) is 2.28. The van der Waals surface area contributed by atoms with Crippen molar-refractivity contribution in [2.24, 2.45) is 5.92 Å². The molecule has 0 radical (unpaired) electrons. The molecule has 7 heteroatoms. The zero-order valence-corrected chi connectivity index (χ0v) is 11.1. The summed E-state index contributed by atoms with van der Waals surface area (Å²) in [7, 11) is 0. The van der Waals surface area contributed by atoms with Crippen LogP contribution in [0.25, 0.3) is 0 Å². The van der Waals surface area contributed by atoms with E-state index < -0.39 is 4.92 Å². The van der Waals surface area contributed by atoms with Crippen LogP contribution in [-0.2, 0) is 0 Å². The van der Waals surface area contributed by atoms with Crippen molar-refractivity contribution in [2.75, 3.05) is 11.4 Å². The van der Waals surface area contributed by atoms with Crippen molar-refractivity contribution in [1.82, 2.24) is 9.97 Å². The van der Waals surface area contributed by atoms with Crippen molar-refractivity contribution in [2.45, 2.75) is 32.7 Å². The largest absolute Gasteiger partial charge is 0.348 e. The maximum atomic E-state index is 11.1. The van der Waals surface area contributed by atoms with E-state index in [9.17, 15) is 10.1 Å². The second kappa shape index (κ2) is 5.06. The van der Waals surface area contributed by atoms with Crippen molar-refractivity contribution in [1.29, 1.82) is 0 Å². The van der Waals surface area contributed by atoms with Crippen molar-refractivity contribution in [3.05, 3.63) is 21.6 Å². The second-order valence-electron chi connectivity index (χ2n) is 4.77. The maximum Gasteiger partial charge on any atom is 0.348 e. The van der Waals surface area contributed by atoms with Gasteiger partial charge in [-0.1, -0.05) is 18.5 Å². The van der Waals surface area contributed by atoms with Crippen molar-refractivity contribution < 1.29 is 4.92 Å².